The molecule has 3 heteroatoms. The highest BCUT2D eigenvalue weighted by atomic mass is 16.2. The first-order valence-corrected chi connectivity index (χ1v) is 4.79. The molecule has 3 nitrogen and oxygen atoms in total. The lowest BCUT2D eigenvalue weighted by Crippen LogP contribution is -2.57. The first kappa shape index (κ1) is 8.05. The van der Waals surface area contributed by atoms with Gasteiger partial charge in [0.1, 0.15) is 0 Å². The van der Waals surface area contributed by atoms with Crippen LogP contribution in [0.2, 0.25) is 0 Å². The van der Waals surface area contributed by atoms with E-state index in [2.05, 4.69) is 17.6 Å². The van der Waals surface area contributed by atoms with E-state index >= 15 is 0 Å². The van der Waals surface area contributed by atoms with E-state index in [-0.39, 0.29) is 11.9 Å². The van der Waals surface area contributed by atoms with Gasteiger partial charge in [0.25, 0.3) is 0 Å². The molecule has 2 rings (SSSR count). The zero-order valence-electron chi connectivity index (χ0n) is 7.47. The minimum atomic E-state index is 0.0845. The third kappa shape index (κ3) is 1.78. The van der Waals surface area contributed by atoms with E-state index in [4.69, 9.17) is 0 Å². The molecule has 1 aliphatic heterocycles. The molecule has 1 heterocycles. The van der Waals surface area contributed by atoms with Crippen LogP contribution in [-0.4, -0.2) is 24.5 Å². The van der Waals surface area contributed by atoms with Gasteiger partial charge in [-0.3, -0.25) is 4.79 Å². The van der Waals surface area contributed by atoms with Crippen molar-refractivity contribution in [3.8, 4) is 0 Å². The molecule has 1 saturated heterocycles. The zero-order chi connectivity index (χ0) is 8.55. The molecule has 2 aliphatic rings. The Labute approximate surface area is 72.9 Å². The highest BCUT2D eigenvalue weighted by molar-refractivity contribution is 5.82. The molecule has 12 heavy (non-hydrogen) atoms. The van der Waals surface area contributed by atoms with Crippen molar-refractivity contribution in [2.45, 2.75) is 38.3 Å². The van der Waals surface area contributed by atoms with E-state index in [1.807, 2.05) is 0 Å². The van der Waals surface area contributed by atoms with Crippen LogP contribution in [0.15, 0.2) is 0 Å². The molecule has 1 aliphatic carbocycles. The Balaban J connectivity index is 1.87. The van der Waals surface area contributed by atoms with Crippen LogP contribution >= 0.6 is 0 Å². The Kier molecular flexibility index (Phi) is 2.05. The van der Waals surface area contributed by atoms with Crippen molar-refractivity contribution in [3.63, 3.8) is 0 Å². The Bertz CT molecular complexity index is 187. The summed E-state index contributed by atoms with van der Waals surface area (Å²) in [4.78, 5) is 11.3. The Morgan fingerprint density at radius 3 is 2.92 bits per heavy atom. The first-order valence-electron chi connectivity index (χ1n) is 4.79. The summed E-state index contributed by atoms with van der Waals surface area (Å²) in [5.41, 5.74) is 0. The molecule has 0 aromatic heterocycles. The van der Waals surface area contributed by atoms with Crippen LogP contribution in [0.4, 0.5) is 0 Å². The lowest BCUT2D eigenvalue weighted by atomic mass is 10.1. The minimum Gasteiger partial charge on any atom is -0.353 e. The van der Waals surface area contributed by atoms with Gasteiger partial charge in [0.15, 0.2) is 0 Å². The van der Waals surface area contributed by atoms with Crippen molar-refractivity contribution in [2.24, 2.45) is 5.92 Å². The van der Waals surface area contributed by atoms with Crippen LogP contribution in [0.5, 0.6) is 0 Å². The minimum absolute atomic E-state index is 0.0845. The van der Waals surface area contributed by atoms with E-state index < -0.39 is 0 Å². The SMILES string of the molecule is CC1CNC(=O)C(CC2CC2)N1. The highest BCUT2D eigenvalue weighted by Gasteiger charge is 2.31. The van der Waals surface area contributed by atoms with Gasteiger partial charge in [-0.25, -0.2) is 0 Å². The molecule has 2 N–H and O–H groups in total. The van der Waals surface area contributed by atoms with Gasteiger partial charge in [0.2, 0.25) is 5.91 Å². The Morgan fingerprint density at radius 2 is 2.25 bits per heavy atom. The quantitative estimate of drug-likeness (QED) is 0.621. The molecule has 68 valence electrons. The largest absolute Gasteiger partial charge is 0.353 e. The molecule has 0 spiro atoms. The number of carbonyl (C=O) groups is 1. The monoisotopic (exact) mass is 168 g/mol. The topological polar surface area (TPSA) is 41.1 Å². The number of rotatable bonds is 2. The Morgan fingerprint density at radius 1 is 1.50 bits per heavy atom. The summed E-state index contributed by atoms with van der Waals surface area (Å²) in [5.74, 6) is 1.01. The molecule has 2 unspecified atom stereocenters. The molecule has 0 aromatic rings. The van der Waals surface area contributed by atoms with E-state index in [1.165, 1.54) is 12.8 Å². The van der Waals surface area contributed by atoms with Crippen LogP contribution in [0.3, 0.4) is 0 Å². The standard InChI is InChI=1S/C9H16N2O/c1-6-5-10-9(12)8(11-6)4-7-2-3-7/h6-8,11H,2-5H2,1H3,(H,10,12). The predicted molar refractivity (Wildman–Crippen MR) is 46.7 cm³/mol. The van der Waals surface area contributed by atoms with E-state index in [1.54, 1.807) is 0 Å². The van der Waals surface area contributed by atoms with Crippen LogP contribution in [-0.2, 0) is 4.79 Å². The number of nitrogens with one attached hydrogen (secondary N) is 2. The normalized spacial score (nSPS) is 36.2. The van der Waals surface area contributed by atoms with Gasteiger partial charge in [-0.2, -0.15) is 0 Å². The molecule has 1 saturated carbocycles. The molecular formula is C9H16N2O. The summed E-state index contributed by atoms with van der Waals surface area (Å²) < 4.78 is 0. The summed E-state index contributed by atoms with van der Waals surface area (Å²) in [6.45, 7) is 2.89. The van der Waals surface area contributed by atoms with Gasteiger partial charge >= 0.3 is 0 Å². The van der Waals surface area contributed by atoms with Gasteiger partial charge in [0.05, 0.1) is 6.04 Å². The average Bonchev–Trinajstić information content (AvgIpc) is 2.81. The molecule has 1 amide bonds. The van der Waals surface area contributed by atoms with Gasteiger partial charge in [-0.1, -0.05) is 12.8 Å². The van der Waals surface area contributed by atoms with Crippen molar-refractivity contribution >= 4 is 5.91 Å². The van der Waals surface area contributed by atoms with Gasteiger partial charge in [-0.05, 0) is 19.3 Å². The fourth-order valence-electron chi connectivity index (χ4n) is 1.72. The average molecular weight is 168 g/mol. The van der Waals surface area contributed by atoms with Crippen LogP contribution in [0, 0.1) is 5.92 Å². The summed E-state index contributed by atoms with van der Waals surface area (Å²) in [7, 11) is 0. The maximum atomic E-state index is 11.3. The molecule has 0 radical (unpaired) electrons. The molecule has 0 bridgehead atoms. The van der Waals surface area contributed by atoms with Gasteiger partial charge < -0.3 is 10.6 Å². The van der Waals surface area contributed by atoms with E-state index in [0.717, 1.165) is 18.9 Å². The number of carbonyl (C=O) groups excluding carboxylic acids is 1. The van der Waals surface area contributed by atoms with Gasteiger partial charge in [-0.15, -0.1) is 0 Å². The molecule has 2 atom stereocenters. The third-order valence-electron chi connectivity index (χ3n) is 2.65. The van der Waals surface area contributed by atoms with Crippen molar-refractivity contribution in [3.05, 3.63) is 0 Å². The lowest BCUT2D eigenvalue weighted by molar-refractivity contribution is -0.125. The zero-order valence-corrected chi connectivity index (χ0v) is 7.47. The second-order valence-electron chi connectivity index (χ2n) is 4.04. The maximum absolute atomic E-state index is 11.3. The summed E-state index contributed by atoms with van der Waals surface area (Å²) in [5, 5.41) is 6.24. The second kappa shape index (κ2) is 3.05. The first-order chi connectivity index (χ1) is 5.75. The van der Waals surface area contributed by atoms with Crippen molar-refractivity contribution in [2.75, 3.05) is 6.54 Å². The molecule has 2 fully saturated rings. The van der Waals surface area contributed by atoms with Gasteiger partial charge in [0, 0.05) is 12.6 Å². The third-order valence-corrected chi connectivity index (χ3v) is 2.65. The van der Waals surface area contributed by atoms with E-state index in [9.17, 15) is 4.79 Å². The predicted octanol–water partition coefficient (Wildman–Crippen LogP) is 0.263. The Hall–Kier alpha value is -0.570. The maximum Gasteiger partial charge on any atom is 0.237 e. The van der Waals surface area contributed by atoms with E-state index in [0.29, 0.717) is 6.04 Å². The smallest absolute Gasteiger partial charge is 0.237 e. The van der Waals surface area contributed by atoms with Crippen molar-refractivity contribution in [1.82, 2.24) is 10.6 Å². The fourth-order valence-corrected chi connectivity index (χ4v) is 1.72. The van der Waals surface area contributed by atoms with Crippen LogP contribution in [0.1, 0.15) is 26.2 Å². The summed E-state index contributed by atoms with van der Waals surface area (Å²) in [6, 6.07) is 0.521. The summed E-state index contributed by atoms with van der Waals surface area (Å²) in [6.07, 6.45) is 3.68. The molecular weight excluding hydrogens is 152 g/mol. The fraction of sp³-hybridized carbons (Fsp3) is 0.889. The van der Waals surface area contributed by atoms with Crippen LogP contribution in [0.25, 0.3) is 0 Å². The number of amides is 1. The highest BCUT2D eigenvalue weighted by Crippen LogP contribution is 2.33. The van der Waals surface area contributed by atoms with Crippen molar-refractivity contribution in [1.29, 1.82) is 0 Å². The lowest BCUT2D eigenvalue weighted by Gasteiger charge is -2.28. The number of piperazine rings is 1. The van der Waals surface area contributed by atoms with Crippen LogP contribution < -0.4 is 10.6 Å². The second-order valence-corrected chi connectivity index (χ2v) is 4.04. The number of hydrogen-bond acceptors (Lipinski definition) is 2. The van der Waals surface area contributed by atoms with Crippen molar-refractivity contribution < 1.29 is 4.79 Å². The summed E-state index contributed by atoms with van der Waals surface area (Å²) >= 11 is 0. The number of hydrogen-bond donors (Lipinski definition) is 2. The molecule has 0 aromatic carbocycles.